The molecule has 9 heteroatoms. The number of aryl methyl sites for hydroxylation is 1. The molecule has 0 aliphatic rings. The van der Waals surface area contributed by atoms with Gasteiger partial charge in [-0.3, -0.25) is 9.89 Å². The molecule has 140 valence electrons. The summed E-state index contributed by atoms with van der Waals surface area (Å²) in [5, 5.41) is 8.77. The van der Waals surface area contributed by atoms with Crippen LogP contribution in [0.2, 0.25) is 0 Å². The number of aromatic nitrogens is 2. The van der Waals surface area contributed by atoms with E-state index in [1.54, 1.807) is 0 Å². The van der Waals surface area contributed by atoms with E-state index in [9.17, 15) is 26.7 Å². The molecule has 0 saturated heterocycles. The van der Waals surface area contributed by atoms with Crippen molar-refractivity contribution in [3.8, 4) is 11.3 Å². The number of hydrogen-bond donors (Lipinski definition) is 2. The minimum atomic E-state index is -4.55. The first kappa shape index (κ1) is 18.6. The number of carbonyl (C=O) groups excluding carboxylic acids is 1. The van der Waals surface area contributed by atoms with Gasteiger partial charge in [-0.05, 0) is 31.2 Å². The van der Waals surface area contributed by atoms with Gasteiger partial charge in [0.05, 0.1) is 16.9 Å². The van der Waals surface area contributed by atoms with Crippen LogP contribution in [0.25, 0.3) is 11.3 Å². The fourth-order valence-corrected chi connectivity index (χ4v) is 2.52. The van der Waals surface area contributed by atoms with E-state index < -0.39 is 34.8 Å². The third-order valence-corrected chi connectivity index (χ3v) is 3.84. The first-order chi connectivity index (χ1) is 12.7. The van der Waals surface area contributed by atoms with E-state index in [4.69, 9.17) is 0 Å². The van der Waals surface area contributed by atoms with Gasteiger partial charge in [-0.25, -0.2) is 8.78 Å². The van der Waals surface area contributed by atoms with Gasteiger partial charge < -0.3 is 5.32 Å². The normalized spacial score (nSPS) is 11.5. The maximum Gasteiger partial charge on any atom is 0.416 e. The van der Waals surface area contributed by atoms with Gasteiger partial charge in [0.15, 0.2) is 0 Å². The van der Waals surface area contributed by atoms with Gasteiger partial charge in [0.1, 0.15) is 22.9 Å². The number of alkyl halides is 3. The number of anilines is 1. The second-order valence-corrected chi connectivity index (χ2v) is 5.70. The van der Waals surface area contributed by atoms with Crippen LogP contribution < -0.4 is 5.32 Å². The average Bonchev–Trinajstić information content (AvgIpc) is 2.95. The SMILES string of the molecule is Cc1[nH]nc(-c2cccc(C(F)(F)F)c2)c1NC(=O)c1c(F)cccc1F. The molecule has 1 heterocycles. The second-order valence-electron chi connectivity index (χ2n) is 5.70. The Kier molecular flexibility index (Phi) is 4.69. The molecule has 0 spiro atoms. The van der Waals surface area contributed by atoms with Gasteiger partial charge >= 0.3 is 6.18 Å². The summed E-state index contributed by atoms with van der Waals surface area (Å²) in [5.41, 5.74) is -1.25. The largest absolute Gasteiger partial charge is 0.416 e. The third-order valence-electron chi connectivity index (χ3n) is 3.84. The lowest BCUT2D eigenvalue weighted by Gasteiger charge is -2.10. The molecule has 27 heavy (non-hydrogen) atoms. The molecule has 0 aliphatic carbocycles. The zero-order valence-corrected chi connectivity index (χ0v) is 13.8. The summed E-state index contributed by atoms with van der Waals surface area (Å²) in [7, 11) is 0. The highest BCUT2D eigenvalue weighted by molar-refractivity contribution is 6.06. The molecule has 1 aromatic heterocycles. The van der Waals surface area contributed by atoms with Crippen LogP contribution in [0.5, 0.6) is 0 Å². The van der Waals surface area contributed by atoms with Crippen LogP contribution in [0.4, 0.5) is 27.6 Å². The number of carbonyl (C=O) groups is 1. The standard InChI is InChI=1S/C18H12F5N3O/c1-9-15(24-17(27)14-12(19)6-3-7-13(14)20)16(26-25-9)10-4-2-5-11(8-10)18(21,22)23/h2-8H,1H3,(H,24,27)(H,25,26). The number of aromatic amines is 1. The Hall–Kier alpha value is -3.23. The van der Waals surface area contributed by atoms with Crippen LogP contribution in [0, 0.1) is 18.6 Å². The molecule has 0 aliphatic heterocycles. The first-order valence-corrected chi connectivity index (χ1v) is 7.66. The van der Waals surface area contributed by atoms with Crippen molar-refractivity contribution in [1.29, 1.82) is 0 Å². The Bertz CT molecular complexity index is 990. The number of nitrogens with zero attached hydrogens (tertiary/aromatic N) is 1. The Morgan fingerprint density at radius 1 is 1.07 bits per heavy atom. The van der Waals surface area contributed by atoms with Gasteiger partial charge in [0.25, 0.3) is 5.91 Å². The van der Waals surface area contributed by atoms with Crippen molar-refractivity contribution < 1.29 is 26.7 Å². The second kappa shape index (κ2) is 6.82. The average molecular weight is 381 g/mol. The van der Waals surface area contributed by atoms with Crippen molar-refractivity contribution in [3.63, 3.8) is 0 Å². The van der Waals surface area contributed by atoms with Crippen molar-refractivity contribution >= 4 is 11.6 Å². The zero-order chi connectivity index (χ0) is 19.8. The quantitative estimate of drug-likeness (QED) is 0.632. The number of benzene rings is 2. The molecule has 3 rings (SSSR count). The molecular formula is C18H12F5N3O. The maximum atomic E-state index is 13.8. The fraction of sp³-hybridized carbons (Fsp3) is 0.111. The van der Waals surface area contributed by atoms with E-state index in [0.717, 1.165) is 30.3 Å². The summed E-state index contributed by atoms with van der Waals surface area (Å²) in [6, 6.07) is 7.31. The van der Waals surface area contributed by atoms with Crippen LogP contribution in [0.3, 0.4) is 0 Å². The third kappa shape index (κ3) is 3.67. The Balaban J connectivity index is 2.00. The first-order valence-electron chi connectivity index (χ1n) is 7.66. The van der Waals surface area contributed by atoms with Crippen molar-refractivity contribution in [2.45, 2.75) is 13.1 Å². The van der Waals surface area contributed by atoms with Crippen molar-refractivity contribution in [3.05, 3.63) is 70.9 Å². The smallest absolute Gasteiger partial charge is 0.318 e. The molecule has 0 fully saturated rings. The molecule has 0 radical (unpaired) electrons. The lowest BCUT2D eigenvalue weighted by atomic mass is 10.1. The van der Waals surface area contributed by atoms with E-state index in [2.05, 4.69) is 15.5 Å². The van der Waals surface area contributed by atoms with Gasteiger partial charge in [0, 0.05) is 5.56 Å². The number of hydrogen-bond acceptors (Lipinski definition) is 2. The summed E-state index contributed by atoms with van der Waals surface area (Å²) in [6.07, 6.45) is -4.55. The number of rotatable bonds is 3. The lowest BCUT2D eigenvalue weighted by Crippen LogP contribution is -2.16. The number of H-pyrrole nitrogens is 1. The van der Waals surface area contributed by atoms with Crippen LogP contribution in [0.15, 0.2) is 42.5 Å². The van der Waals surface area contributed by atoms with Gasteiger partial charge in [0.2, 0.25) is 0 Å². The molecule has 0 unspecified atom stereocenters. The topological polar surface area (TPSA) is 57.8 Å². The van der Waals surface area contributed by atoms with Gasteiger partial charge in [-0.2, -0.15) is 18.3 Å². The molecule has 3 aromatic rings. The monoisotopic (exact) mass is 381 g/mol. The summed E-state index contributed by atoms with van der Waals surface area (Å²) < 4.78 is 66.4. The summed E-state index contributed by atoms with van der Waals surface area (Å²) in [4.78, 5) is 12.3. The Morgan fingerprint density at radius 3 is 2.33 bits per heavy atom. The number of halogens is 5. The van der Waals surface area contributed by atoms with E-state index in [0.29, 0.717) is 5.69 Å². The van der Waals surface area contributed by atoms with Crippen molar-refractivity contribution in [2.75, 3.05) is 5.32 Å². The van der Waals surface area contributed by atoms with Gasteiger partial charge in [-0.1, -0.05) is 18.2 Å². The predicted octanol–water partition coefficient (Wildman–Crippen LogP) is 4.93. The summed E-state index contributed by atoms with van der Waals surface area (Å²) >= 11 is 0. The summed E-state index contributed by atoms with van der Waals surface area (Å²) in [5.74, 6) is -3.20. The molecule has 0 bridgehead atoms. The Labute approximate surface area is 150 Å². The Morgan fingerprint density at radius 2 is 1.70 bits per heavy atom. The highest BCUT2D eigenvalue weighted by Gasteiger charge is 2.31. The van der Waals surface area contributed by atoms with E-state index in [1.165, 1.54) is 19.1 Å². The van der Waals surface area contributed by atoms with E-state index in [-0.39, 0.29) is 16.9 Å². The van der Waals surface area contributed by atoms with Crippen molar-refractivity contribution in [2.24, 2.45) is 0 Å². The molecule has 1 amide bonds. The molecule has 0 atom stereocenters. The number of nitrogens with one attached hydrogen (secondary N) is 2. The zero-order valence-electron chi connectivity index (χ0n) is 13.8. The maximum absolute atomic E-state index is 13.8. The fourth-order valence-electron chi connectivity index (χ4n) is 2.52. The van der Waals surface area contributed by atoms with Crippen LogP contribution in [0.1, 0.15) is 21.6 Å². The highest BCUT2D eigenvalue weighted by atomic mass is 19.4. The van der Waals surface area contributed by atoms with E-state index in [1.807, 2.05) is 0 Å². The summed E-state index contributed by atoms with van der Waals surface area (Å²) in [6.45, 7) is 1.51. The minimum absolute atomic E-state index is 0.0173. The van der Waals surface area contributed by atoms with E-state index >= 15 is 0 Å². The van der Waals surface area contributed by atoms with Crippen molar-refractivity contribution in [1.82, 2.24) is 10.2 Å². The molecular weight excluding hydrogens is 369 g/mol. The predicted molar refractivity (Wildman–Crippen MR) is 88.1 cm³/mol. The molecule has 4 nitrogen and oxygen atoms in total. The molecule has 2 aromatic carbocycles. The highest BCUT2D eigenvalue weighted by Crippen LogP contribution is 2.34. The van der Waals surface area contributed by atoms with Crippen LogP contribution in [-0.2, 0) is 6.18 Å². The lowest BCUT2D eigenvalue weighted by molar-refractivity contribution is -0.137. The van der Waals surface area contributed by atoms with Crippen LogP contribution in [-0.4, -0.2) is 16.1 Å². The molecule has 0 saturated carbocycles. The number of amides is 1. The molecule has 2 N–H and O–H groups in total. The minimum Gasteiger partial charge on any atom is -0.318 e. The van der Waals surface area contributed by atoms with Crippen LogP contribution >= 0.6 is 0 Å². The van der Waals surface area contributed by atoms with Gasteiger partial charge in [-0.15, -0.1) is 0 Å².